The third kappa shape index (κ3) is 5.40. The molecule has 0 aliphatic carbocycles. The first-order valence-electron chi connectivity index (χ1n) is 7.54. The van der Waals surface area contributed by atoms with E-state index in [4.69, 9.17) is 0 Å². The fourth-order valence-corrected chi connectivity index (χ4v) is 2.20. The van der Waals surface area contributed by atoms with Crippen LogP contribution in [0.25, 0.3) is 0 Å². The number of aromatic hydroxyl groups is 1. The first-order valence-corrected chi connectivity index (χ1v) is 7.54. The smallest absolute Gasteiger partial charge is 0.233 e. The minimum atomic E-state index is -0.958. The van der Waals surface area contributed by atoms with Crippen molar-refractivity contribution in [2.75, 3.05) is 11.9 Å². The lowest BCUT2D eigenvalue weighted by Gasteiger charge is -2.12. The summed E-state index contributed by atoms with van der Waals surface area (Å²) >= 11 is 0. The van der Waals surface area contributed by atoms with Crippen LogP contribution in [0.1, 0.15) is 23.7 Å². The maximum absolute atomic E-state index is 11.8. The van der Waals surface area contributed by atoms with Crippen LogP contribution >= 0.6 is 0 Å². The Kier molecular flexibility index (Phi) is 5.92. The molecule has 6 heteroatoms. The molecule has 0 radical (unpaired) electrons. The zero-order valence-electron chi connectivity index (χ0n) is 13.3. The van der Waals surface area contributed by atoms with Crippen molar-refractivity contribution in [3.8, 4) is 5.75 Å². The molecule has 2 aromatic carbocycles. The monoisotopic (exact) mass is 328 g/mol. The lowest BCUT2D eigenvalue weighted by atomic mass is 10.1. The van der Waals surface area contributed by atoms with Crippen LogP contribution in [0.3, 0.4) is 0 Å². The number of aliphatic hydroxyl groups excluding tert-OH is 1. The number of phenolic OH excluding ortho intramolecular Hbond substituents is 1. The highest BCUT2D eigenvalue weighted by Crippen LogP contribution is 2.17. The summed E-state index contributed by atoms with van der Waals surface area (Å²) < 4.78 is 0. The number of aryl methyl sites for hydroxylation is 1. The Bertz CT molecular complexity index is 730. The summed E-state index contributed by atoms with van der Waals surface area (Å²) in [6.07, 6.45) is -1.29. The summed E-state index contributed by atoms with van der Waals surface area (Å²) in [7, 11) is 0. The number of benzene rings is 2. The molecule has 0 aliphatic rings. The minimum absolute atomic E-state index is 0.0374. The van der Waals surface area contributed by atoms with E-state index in [2.05, 4.69) is 10.6 Å². The molecule has 2 rings (SSSR count). The highest BCUT2D eigenvalue weighted by Gasteiger charge is 2.13. The van der Waals surface area contributed by atoms with Crippen molar-refractivity contribution >= 4 is 17.5 Å². The number of rotatable bonds is 6. The van der Waals surface area contributed by atoms with E-state index in [0.29, 0.717) is 11.3 Å². The highest BCUT2D eigenvalue weighted by atomic mass is 16.3. The quantitative estimate of drug-likeness (QED) is 0.609. The Morgan fingerprint density at radius 1 is 1.08 bits per heavy atom. The SMILES string of the molecule is Cc1cccc(NC(=O)CC(=O)NCC(O)c2cccc(O)c2)c1. The molecule has 0 saturated carbocycles. The third-order valence-electron chi connectivity index (χ3n) is 3.37. The number of nitrogens with one attached hydrogen (secondary N) is 2. The molecule has 24 heavy (non-hydrogen) atoms. The second-order valence-electron chi connectivity index (χ2n) is 5.51. The Hall–Kier alpha value is -2.86. The van der Waals surface area contributed by atoms with Gasteiger partial charge in [-0.3, -0.25) is 9.59 Å². The molecule has 0 spiro atoms. The summed E-state index contributed by atoms with van der Waals surface area (Å²) in [6, 6.07) is 13.4. The molecule has 1 atom stereocenters. The Labute approximate surface area is 140 Å². The predicted octanol–water partition coefficient (Wildman–Crippen LogP) is 1.88. The first kappa shape index (κ1) is 17.5. The second kappa shape index (κ2) is 8.12. The molecular formula is C18H20N2O4. The van der Waals surface area contributed by atoms with Gasteiger partial charge < -0.3 is 20.8 Å². The summed E-state index contributed by atoms with van der Waals surface area (Å²) in [6.45, 7) is 1.87. The van der Waals surface area contributed by atoms with E-state index in [1.807, 2.05) is 19.1 Å². The van der Waals surface area contributed by atoms with Crippen molar-refractivity contribution < 1.29 is 19.8 Å². The fourth-order valence-electron chi connectivity index (χ4n) is 2.20. The first-order chi connectivity index (χ1) is 11.4. The maximum Gasteiger partial charge on any atom is 0.233 e. The van der Waals surface area contributed by atoms with Gasteiger partial charge in [0, 0.05) is 12.2 Å². The van der Waals surface area contributed by atoms with Crippen molar-refractivity contribution in [1.29, 1.82) is 0 Å². The molecule has 0 aliphatic heterocycles. The summed E-state index contributed by atoms with van der Waals surface area (Å²) in [5, 5.41) is 24.5. The van der Waals surface area contributed by atoms with Gasteiger partial charge in [0.1, 0.15) is 12.2 Å². The van der Waals surface area contributed by atoms with Crippen LogP contribution in [0.15, 0.2) is 48.5 Å². The zero-order valence-corrected chi connectivity index (χ0v) is 13.3. The van der Waals surface area contributed by atoms with Gasteiger partial charge in [-0.05, 0) is 42.3 Å². The van der Waals surface area contributed by atoms with Gasteiger partial charge in [0.2, 0.25) is 11.8 Å². The van der Waals surface area contributed by atoms with Gasteiger partial charge in [-0.1, -0.05) is 24.3 Å². The number of aliphatic hydroxyl groups is 1. The van der Waals surface area contributed by atoms with Crippen LogP contribution in [-0.4, -0.2) is 28.6 Å². The molecule has 2 amide bonds. The van der Waals surface area contributed by atoms with Gasteiger partial charge in [0.25, 0.3) is 0 Å². The van der Waals surface area contributed by atoms with Gasteiger partial charge >= 0.3 is 0 Å². The van der Waals surface area contributed by atoms with E-state index in [0.717, 1.165) is 5.56 Å². The molecule has 0 aromatic heterocycles. The molecule has 0 bridgehead atoms. The summed E-state index contributed by atoms with van der Waals surface area (Å²) in [5.41, 5.74) is 2.12. The number of hydrogen-bond acceptors (Lipinski definition) is 4. The van der Waals surface area contributed by atoms with Crippen LogP contribution in [0.5, 0.6) is 5.75 Å². The van der Waals surface area contributed by atoms with E-state index in [9.17, 15) is 19.8 Å². The molecule has 0 saturated heterocycles. The maximum atomic E-state index is 11.8. The van der Waals surface area contributed by atoms with E-state index < -0.39 is 17.9 Å². The minimum Gasteiger partial charge on any atom is -0.508 e. The number of phenols is 1. The number of anilines is 1. The van der Waals surface area contributed by atoms with Crippen molar-refractivity contribution in [2.24, 2.45) is 0 Å². The molecule has 126 valence electrons. The van der Waals surface area contributed by atoms with Gasteiger partial charge in [-0.25, -0.2) is 0 Å². The van der Waals surface area contributed by atoms with Crippen LogP contribution in [0.2, 0.25) is 0 Å². The van der Waals surface area contributed by atoms with Crippen molar-refractivity contribution in [1.82, 2.24) is 5.32 Å². The molecule has 4 N–H and O–H groups in total. The van der Waals surface area contributed by atoms with Gasteiger partial charge in [-0.15, -0.1) is 0 Å². The predicted molar refractivity (Wildman–Crippen MR) is 90.5 cm³/mol. The van der Waals surface area contributed by atoms with E-state index >= 15 is 0 Å². The van der Waals surface area contributed by atoms with Crippen molar-refractivity contribution in [2.45, 2.75) is 19.4 Å². The van der Waals surface area contributed by atoms with E-state index in [-0.39, 0.29) is 18.7 Å². The average molecular weight is 328 g/mol. The molecule has 1 unspecified atom stereocenters. The van der Waals surface area contributed by atoms with Gasteiger partial charge in [0.05, 0.1) is 6.10 Å². The Morgan fingerprint density at radius 3 is 2.54 bits per heavy atom. The summed E-state index contributed by atoms with van der Waals surface area (Å²) in [4.78, 5) is 23.6. The molecular weight excluding hydrogens is 308 g/mol. The van der Waals surface area contributed by atoms with Crippen molar-refractivity contribution in [3.63, 3.8) is 0 Å². The normalized spacial score (nSPS) is 11.6. The van der Waals surface area contributed by atoms with Gasteiger partial charge in [0.15, 0.2) is 0 Å². The highest BCUT2D eigenvalue weighted by molar-refractivity contribution is 6.03. The number of carbonyl (C=O) groups is 2. The standard InChI is InChI=1S/C18H20N2O4/c1-12-4-2-6-14(8-12)20-18(24)10-17(23)19-11-16(22)13-5-3-7-15(21)9-13/h2-9,16,21-22H,10-11H2,1H3,(H,19,23)(H,20,24). The lowest BCUT2D eigenvalue weighted by Crippen LogP contribution is -2.31. The Morgan fingerprint density at radius 2 is 1.83 bits per heavy atom. The zero-order chi connectivity index (χ0) is 17.5. The molecule has 0 fully saturated rings. The Balaban J connectivity index is 1.79. The third-order valence-corrected chi connectivity index (χ3v) is 3.37. The number of hydrogen-bond donors (Lipinski definition) is 4. The van der Waals surface area contributed by atoms with Crippen LogP contribution in [-0.2, 0) is 9.59 Å². The lowest BCUT2D eigenvalue weighted by molar-refractivity contribution is -0.127. The second-order valence-corrected chi connectivity index (χ2v) is 5.51. The van der Waals surface area contributed by atoms with Crippen molar-refractivity contribution in [3.05, 3.63) is 59.7 Å². The van der Waals surface area contributed by atoms with Crippen LogP contribution in [0.4, 0.5) is 5.69 Å². The largest absolute Gasteiger partial charge is 0.508 e. The van der Waals surface area contributed by atoms with Crippen LogP contribution < -0.4 is 10.6 Å². The van der Waals surface area contributed by atoms with Gasteiger partial charge in [-0.2, -0.15) is 0 Å². The molecule has 2 aromatic rings. The molecule has 0 heterocycles. The average Bonchev–Trinajstić information content (AvgIpc) is 2.52. The van der Waals surface area contributed by atoms with E-state index in [1.165, 1.54) is 12.1 Å². The number of carbonyl (C=O) groups excluding carboxylic acids is 2. The topological polar surface area (TPSA) is 98.7 Å². The van der Waals surface area contributed by atoms with Crippen LogP contribution in [0, 0.1) is 6.92 Å². The number of amides is 2. The molecule has 6 nitrogen and oxygen atoms in total. The van der Waals surface area contributed by atoms with E-state index in [1.54, 1.807) is 24.3 Å². The summed E-state index contributed by atoms with van der Waals surface area (Å²) in [5.74, 6) is -0.875. The fraction of sp³-hybridized carbons (Fsp3) is 0.222.